The number of nitro benzene ring substituents is 1. The van der Waals surface area contributed by atoms with Gasteiger partial charge in [0.1, 0.15) is 0 Å². The number of hydrogen-bond donors (Lipinski definition) is 0. The Labute approximate surface area is 133 Å². The van der Waals surface area contributed by atoms with Crippen LogP contribution in [0.4, 0.5) is 11.4 Å². The molecule has 0 amide bonds. The molecule has 0 aliphatic heterocycles. The maximum Gasteiger partial charge on any atom is 0.270 e. The second-order valence-corrected chi connectivity index (χ2v) is 6.70. The Morgan fingerprint density at radius 3 is 2.43 bits per heavy atom. The van der Waals surface area contributed by atoms with Crippen LogP contribution < -0.4 is 4.31 Å². The molecule has 118 valence electrons. The first-order valence-electron chi connectivity index (χ1n) is 6.55. The van der Waals surface area contributed by atoms with Gasteiger partial charge in [-0.2, -0.15) is 5.26 Å². The largest absolute Gasteiger partial charge is 0.270 e. The van der Waals surface area contributed by atoms with Crippen LogP contribution in [0.2, 0.25) is 0 Å². The van der Waals surface area contributed by atoms with Gasteiger partial charge in [0.25, 0.3) is 15.7 Å². The van der Waals surface area contributed by atoms with Crippen molar-refractivity contribution < 1.29 is 13.3 Å². The minimum absolute atomic E-state index is 0.157. The van der Waals surface area contributed by atoms with Gasteiger partial charge in [0.05, 0.1) is 28.0 Å². The Morgan fingerprint density at radius 2 is 1.87 bits per heavy atom. The van der Waals surface area contributed by atoms with E-state index in [2.05, 4.69) is 0 Å². The first-order chi connectivity index (χ1) is 10.9. The van der Waals surface area contributed by atoms with E-state index >= 15 is 0 Å². The first-order valence-corrected chi connectivity index (χ1v) is 7.99. The van der Waals surface area contributed by atoms with Crippen LogP contribution in [0.5, 0.6) is 0 Å². The normalized spacial score (nSPS) is 10.8. The van der Waals surface area contributed by atoms with Gasteiger partial charge < -0.3 is 0 Å². The highest BCUT2D eigenvalue weighted by molar-refractivity contribution is 7.92. The van der Waals surface area contributed by atoms with E-state index in [1.807, 2.05) is 6.07 Å². The number of nitriles is 1. The lowest BCUT2D eigenvalue weighted by Gasteiger charge is -2.19. The maximum atomic E-state index is 12.6. The van der Waals surface area contributed by atoms with Crippen LogP contribution in [0.15, 0.2) is 53.4 Å². The number of anilines is 1. The smallest absolute Gasteiger partial charge is 0.269 e. The molecular weight excluding hydrogens is 318 g/mol. The van der Waals surface area contributed by atoms with Gasteiger partial charge >= 0.3 is 0 Å². The second-order valence-electron chi connectivity index (χ2n) is 4.73. The summed E-state index contributed by atoms with van der Waals surface area (Å²) in [7, 11) is -2.54. The molecule has 0 saturated heterocycles. The van der Waals surface area contributed by atoms with Crippen molar-refractivity contribution in [3.8, 4) is 6.07 Å². The summed E-state index contributed by atoms with van der Waals surface area (Å²) in [6.45, 7) is 0. The zero-order valence-corrected chi connectivity index (χ0v) is 13.0. The number of hydrogen-bond acceptors (Lipinski definition) is 5. The van der Waals surface area contributed by atoms with Crippen LogP contribution in [0.1, 0.15) is 5.56 Å². The molecule has 0 unspecified atom stereocenters. The predicted octanol–water partition coefficient (Wildman–Crippen LogP) is 2.49. The van der Waals surface area contributed by atoms with Crippen LogP contribution in [0.25, 0.3) is 0 Å². The first kappa shape index (κ1) is 16.5. The SMILES string of the molecule is CN(c1ccc(CC#N)cc1)S(=O)(=O)c1cccc([N+](=O)[O-])c1. The summed E-state index contributed by atoms with van der Waals surface area (Å²) in [6.07, 6.45) is 0.238. The molecule has 0 atom stereocenters. The van der Waals surface area contributed by atoms with Crippen molar-refractivity contribution in [1.82, 2.24) is 0 Å². The summed E-state index contributed by atoms with van der Waals surface area (Å²) >= 11 is 0. The predicted molar refractivity (Wildman–Crippen MR) is 84.4 cm³/mol. The van der Waals surface area contributed by atoms with Gasteiger partial charge in [0, 0.05) is 19.2 Å². The van der Waals surface area contributed by atoms with Gasteiger partial charge in [0.15, 0.2) is 0 Å². The van der Waals surface area contributed by atoms with Gasteiger partial charge in [-0.25, -0.2) is 8.42 Å². The molecule has 0 spiro atoms. The molecule has 2 rings (SSSR count). The van der Waals surface area contributed by atoms with E-state index in [1.165, 1.54) is 25.2 Å². The molecule has 0 radical (unpaired) electrons. The highest BCUT2D eigenvalue weighted by Gasteiger charge is 2.23. The Bertz CT molecular complexity index is 870. The van der Waals surface area contributed by atoms with Gasteiger partial charge in [-0.15, -0.1) is 0 Å². The summed E-state index contributed by atoms with van der Waals surface area (Å²) in [4.78, 5) is 9.99. The molecule has 2 aromatic rings. The van der Waals surface area contributed by atoms with Crippen molar-refractivity contribution in [2.24, 2.45) is 0 Å². The third-order valence-electron chi connectivity index (χ3n) is 3.27. The van der Waals surface area contributed by atoms with Crippen LogP contribution in [-0.4, -0.2) is 20.4 Å². The van der Waals surface area contributed by atoms with Gasteiger partial charge in [-0.05, 0) is 23.8 Å². The average Bonchev–Trinajstić information content (AvgIpc) is 2.55. The lowest BCUT2D eigenvalue weighted by Crippen LogP contribution is -2.26. The minimum Gasteiger partial charge on any atom is -0.269 e. The Hall–Kier alpha value is -2.92. The Kier molecular flexibility index (Phi) is 4.62. The van der Waals surface area contributed by atoms with Crippen molar-refractivity contribution in [2.45, 2.75) is 11.3 Å². The van der Waals surface area contributed by atoms with E-state index in [9.17, 15) is 18.5 Å². The fraction of sp³-hybridized carbons (Fsp3) is 0.133. The molecule has 0 heterocycles. The number of nitrogens with zero attached hydrogens (tertiary/aromatic N) is 3. The summed E-state index contributed by atoms with van der Waals surface area (Å²) in [5.41, 5.74) is 0.888. The third-order valence-corrected chi connectivity index (χ3v) is 5.05. The Balaban J connectivity index is 2.37. The third kappa shape index (κ3) is 3.46. The fourth-order valence-electron chi connectivity index (χ4n) is 1.97. The van der Waals surface area contributed by atoms with Crippen molar-refractivity contribution in [3.63, 3.8) is 0 Å². The molecule has 0 saturated carbocycles. The van der Waals surface area contributed by atoms with Crippen molar-refractivity contribution in [1.29, 1.82) is 5.26 Å². The van der Waals surface area contributed by atoms with Crippen LogP contribution in [-0.2, 0) is 16.4 Å². The molecule has 0 aliphatic rings. The molecule has 0 fully saturated rings. The standard InChI is InChI=1S/C15H13N3O4S/c1-17(13-7-5-12(6-8-13)9-10-16)23(21,22)15-4-2-3-14(11-15)18(19)20/h2-8,11H,9H2,1H3. The number of nitro groups is 1. The molecule has 8 heteroatoms. The summed E-state index contributed by atoms with van der Waals surface area (Å²) < 4.78 is 26.2. The fourth-order valence-corrected chi connectivity index (χ4v) is 3.21. The zero-order valence-electron chi connectivity index (χ0n) is 12.2. The molecule has 0 aliphatic carbocycles. The average molecular weight is 331 g/mol. The van der Waals surface area contributed by atoms with Crippen molar-refractivity contribution in [3.05, 3.63) is 64.2 Å². The lowest BCUT2D eigenvalue weighted by molar-refractivity contribution is -0.385. The number of non-ortho nitro benzene ring substituents is 1. The van der Waals surface area contributed by atoms with Gasteiger partial charge in [0.2, 0.25) is 0 Å². The maximum absolute atomic E-state index is 12.6. The van der Waals surface area contributed by atoms with Crippen LogP contribution >= 0.6 is 0 Å². The summed E-state index contributed by atoms with van der Waals surface area (Å²) in [6, 6.07) is 13.4. The monoisotopic (exact) mass is 331 g/mol. The van der Waals surface area contributed by atoms with E-state index in [4.69, 9.17) is 5.26 Å². The van der Waals surface area contributed by atoms with Gasteiger partial charge in [-0.1, -0.05) is 18.2 Å². The lowest BCUT2D eigenvalue weighted by atomic mass is 10.1. The molecule has 0 bridgehead atoms. The van der Waals surface area contributed by atoms with E-state index in [-0.39, 0.29) is 17.0 Å². The molecular formula is C15H13N3O4S. The van der Waals surface area contributed by atoms with E-state index < -0.39 is 14.9 Å². The second kappa shape index (κ2) is 6.46. The van der Waals surface area contributed by atoms with Crippen LogP contribution in [0, 0.1) is 21.4 Å². The molecule has 7 nitrogen and oxygen atoms in total. The zero-order chi connectivity index (χ0) is 17.0. The van der Waals surface area contributed by atoms with E-state index in [0.717, 1.165) is 15.9 Å². The van der Waals surface area contributed by atoms with Crippen molar-refractivity contribution >= 4 is 21.4 Å². The van der Waals surface area contributed by atoms with Gasteiger partial charge in [-0.3, -0.25) is 14.4 Å². The topological polar surface area (TPSA) is 104 Å². The highest BCUT2D eigenvalue weighted by atomic mass is 32.2. The van der Waals surface area contributed by atoms with Crippen LogP contribution in [0.3, 0.4) is 0 Å². The highest BCUT2D eigenvalue weighted by Crippen LogP contribution is 2.24. The summed E-state index contributed by atoms with van der Waals surface area (Å²) in [5.74, 6) is 0. The quantitative estimate of drug-likeness (QED) is 0.618. The summed E-state index contributed by atoms with van der Waals surface area (Å²) in [5, 5.41) is 19.4. The molecule has 23 heavy (non-hydrogen) atoms. The molecule has 0 aromatic heterocycles. The number of sulfonamides is 1. The Morgan fingerprint density at radius 1 is 1.22 bits per heavy atom. The molecule has 2 aromatic carbocycles. The van der Waals surface area contributed by atoms with E-state index in [0.29, 0.717) is 5.69 Å². The molecule has 0 N–H and O–H groups in total. The number of rotatable bonds is 5. The number of benzene rings is 2. The minimum atomic E-state index is -3.91. The van der Waals surface area contributed by atoms with E-state index in [1.54, 1.807) is 24.3 Å². The van der Waals surface area contributed by atoms with Crippen molar-refractivity contribution in [2.75, 3.05) is 11.4 Å².